The summed E-state index contributed by atoms with van der Waals surface area (Å²) in [7, 11) is 0. The van der Waals surface area contributed by atoms with Gasteiger partial charge in [0.2, 0.25) is 0 Å². The van der Waals surface area contributed by atoms with E-state index in [0.29, 0.717) is 0 Å². The van der Waals surface area contributed by atoms with Gasteiger partial charge in [0.15, 0.2) is 0 Å². The smallest absolute Gasteiger partial charge is 0.0185 e. The van der Waals surface area contributed by atoms with Crippen molar-refractivity contribution < 1.29 is 0 Å². The molecule has 0 unspecified atom stereocenters. The number of hydrogen-bond donors (Lipinski definition) is 0. The van der Waals surface area contributed by atoms with Gasteiger partial charge in [0.25, 0.3) is 0 Å². The summed E-state index contributed by atoms with van der Waals surface area (Å²) in [6.07, 6.45) is 3.02. The minimum Gasteiger partial charge on any atom is -0.120 e. The average Bonchev–Trinajstić information content (AvgIpc) is 2.04. The Morgan fingerprint density at radius 2 is 1.92 bits per heavy atom. The summed E-state index contributed by atoms with van der Waals surface area (Å²) in [6.45, 7) is 8.26. The zero-order valence-electron chi connectivity index (χ0n) is 8.29. The molecular weight excluding hydrogens is 176 g/mol. The van der Waals surface area contributed by atoms with Gasteiger partial charge in [0.05, 0.1) is 0 Å². The topological polar surface area (TPSA) is 0 Å². The summed E-state index contributed by atoms with van der Waals surface area (Å²) in [5.74, 6) is 0. The predicted octanol–water partition coefficient (Wildman–Crippen LogP) is 4.13. The Kier molecular flexibility index (Phi) is 3.61. The maximum absolute atomic E-state index is 3.77. The van der Waals surface area contributed by atoms with E-state index in [-0.39, 0.29) is 4.75 Å². The number of benzene rings is 1. The molecule has 0 saturated carbocycles. The molecule has 0 aliphatic carbocycles. The number of hydrogen-bond acceptors (Lipinski definition) is 1. The van der Waals surface area contributed by atoms with E-state index in [1.165, 1.54) is 4.90 Å². The monoisotopic (exact) mass is 192 g/mol. The fourth-order valence-corrected chi connectivity index (χ4v) is 2.33. The van der Waals surface area contributed by atoms with Crippen LogP contribution in [0.5, 0.6) is 0 Å². The van der Waals surface area contributed by atoms with Gasteiger partial charge in [-0.05, 0) is 18.6 Å². The van der Waals surface area contributed by atoms with E-state index in [2.05, 4.69) is 44.7 Å². The quantitative estimate of drug-likeness (QED) is 0.510. The molecule has 1 rings (SSSR count). The molecule has 0 amide bonds. The van der Waals surface area contributed by atoms with Crippen LogP contribution in [0.2, 0.25) is 0 Å². The maximum Gasteiger partial charge on any atom is 0.0185 e. The van der Waals surface area contributed by atoms with E-state index in [1.54, 1.807) is 0 Å². The largest absolute Gasteiger partial charge is 0.120 e. The molecule has 0 saturated heterocycles. The molecule has 0 radical (unpaired) electrons. The van der Waals surface area contributed by atoms with Crippen LogP contribution in [0.25, 0.3) is 0 Å². The molecule has 1 aromatic carbocycles. The van der Waals surface area contributed by atoms with Gasteiger partial charge in [0.1, 0.15) is 0 Å². The van der Waals surface area contributed by atoms with Gasteiger partial charge in [-0.15, -0.1) is 18.3 Å². The molecule has 0 aliphatic rings. The van der Waals surface area contributed by atoms with Crippen molar-refractivity contribution in [3.8, 4) is 0 Å². The Balaban J connectivity index is 2.63. The van der Waals surface area contributed by atoms with E-state index in [1.807, 2.05) is 23.9 Å². The first-order valence-electron chi connectivity index (χ1n) is 4.49. The highest BCUT2D eigenvalue weighted by Crippen LogP contribution is 2.34. The van der Waals surface area contributed by atoms with E-state index in [4.69, 9.17) is 0 Å². The van der Waals surface area contributed by atoms with E-state index < -0.39 is 0 Å². The van der Waals surface area contributed by atoms with Crippen molar-refractivity contribution in [1.29, 1.82) is 0 Å². The summed E-state index contributed by atoms with van der Waals surface area (Å²) in [4.78, 5) is 1.33. The van der Waals surface area contributed by atoms with Gasteiger partial charge in [0, 0.05) is 9.64 Å². The minimum absolute atomic E-state index is 0.253. The van der Waals surface area contributed by atoms with Crippen LogP contribution in [0.1, 0.15) is 20.3 Å². The Bertz CT molecular complexity index is 262. The molecule has 0 aromatic heterocycles. The van der Waals surface area contributed by atoms with Gasteiger partial charge in [-0.3, -0.25) is 0 Å². The molecule has 0 N–H and O–H groups in total. The molecule has 0 aliphatic heterocycles. The lowest BCUT2D eigenvalue weighted by Crippen LogP contribution is -2.12. The summed E-state index contributed by atoms with van der Waals surface area (Å²) < 4.78 is 0.253. The van der Waals surface area contributed by atoms with Crippen LogP contribution in [0.3, 0.4) is 0 Å². The highest BCUT2D eigenvalue weighted by molar-refractivity contribution is 8.00. The molecule has 1 heteroatoms. The first-order valence-corrected chi connectivity index (χ1v) is 5.31. The van der Waals surface area contributed by atoms with Crippen LogP contribution in [0.4, 0.5) is 0 Å². The highest BCUT2D eigenvalue weighted by Gasteiger charge is 2.16. The van der Waals surface area contributed by atoms with Crippen molar-refractivity contribution in [2.75, 3.05) is 0 Å². The normalized spacial score (nSPS) is 11.2. The Morgan fingerprint density at radius 1 is 1.31 bits per heavy atom. The second-order valence-electron chi connectivity index (χ2n) is 3.67. The summed E-state index contributed by atoms with van der Waals surface area (Å²) in [5.41, 5.74) is 0. The van der Waals surface area contributed by atoms with E-state index in [9.17, 15) is 0 Å². The third-order valence-corrected chi connectivity index (χ3v) is 3.00. The minimum atomic E-state index is 0.253. The van der Waals surface area contributed by atoms with Crippen molar-refractivity contribution >= 4 is 11.8 Å². The first-order chi connectivity index (χ1) is 6.14. The third-order valence-electron chi connectivity index (χ3n) is 1.77. The molecule has 0 heterocycles. The van der Waals surface area contributed by atoms with Crippen LogP contribution >= 0.6 is 11.8 Å². The van der Waals surface area contributed by atoms with E-state index in [0.717, 1.165) is 6.42 Å². The Morgan fingerprint density at radius 3 is 2.46 bits per heavy atom. The van der Waals surface area contributed by atoms with Crippen molar-refractivity contribution in [3.05, 3.63) is 43.0 Å². The van der Waals surface area contributed by atoms with Gasteiger partial charge in [-0.1, -0.05) is 38.1 Å². The molecule has 0 bridgehead atoms. The molecule has 13 heavy (non-hydrogen) atoms. The summed E-state index contributed by atoms with van der Waals surface area (Å²) >= 11 is 1.90. The van der Waals surface area contributed by atoms with Crippen LogP contribution < -0.4 is 0 Å². The Hall–Kier alpha value is -0.690. The zero-order chi connectivity index (χ0) is 9.73. The van der Waals surface area contributed by atoms with Gasteiger partial charge in [-0.2, -0.15) is 0 Å². The SMILES string of the molecule is C=CCC(C)(C)Sc1ccccc1. The number of thioether (sulfide) groups is 1. The summed E-state index contributed by atoms with van der Waals surface area (Å²) in [5, 5.41) is 0. The standard InChI is InChI=1S/C12H16S/c1-4-10-12(2,3)13-11-8-6-5-7-9-11/h4-9H,1,10H2,2-3H3. The fourth-order valence-electron chi connectivity index (χ4n) is 1.20. The van der Waals surface area contributed by atoms with Crippen molar-refractivity contribution in [3.63, 3.8) is 0 Å². The van der Waals surface area contributed by atoms with Crippen molar-refractivity contribution in [2.45, 2.75) is 29.9 Å². The zero-order valence-corrected chi connectivity index (χ0v) is 9.10. The summed E-state index contributed by atoms with van der Waals surface area (Å²) in [6, 6.07) is 10.5. The average molecular weight is 192 g/mol. The fraction of sp³-hybridized carbons (Fsp3) is 0.333. The second kappa shape index (κ2) is 4.52. The van der Waals surface area contributed by atoms with Crippen LogP contribution in [0, 0.1) is 0 Å². The van der Waals surface area contributed by atoms with Crippen LogP contribution in [-0.4, -0.2) is 4.75 Å². The number of rotatable bonds is 4. The molecule has 0 nitrogen and oxygen atoms in total. The third kappa shape index (κ3) is 3.69. The van der Waals surface area contributed by atoms with Gasteiger partial charge < -0.3 is 0 Å². The predicted molar refractivity (Wildman–Crippen MR) is 61.2 cm³/mol. The molecular formula is C12H16S. The van der Waals surface area contributed by atoms with Gasteiger partial charge >= 0.3 is 0 Å². The lowest BCUT2D eigenvalue weighted by molar-refractivity contribution is 0.727. The maximum atomic E-state index is 3.77. The van der Waals surface area contributed by atoms with Crippen LogP contribution in [0.15, 0.2) is 47.9 Å². The second-order valence-corrected chi connectivity index (χ2v) is 5.45. The van der Waals surface area contributed by atoms with Gasteiger partial charge in [-0.25, -0.2) is 0 Å². The molecule has 70 valence electrons. The number of allylic oxidation sites excluding steroid dienone is 1. The first kappa shape index (κ1) is 10.4. The van der Waals surface area contributed by atoms with Crippen LogP contribution in [-0.2, 0) is 0 Å². The Labute approximate surface area is 85.1 Å². The molecule has 0 spiro atoms. The molecule has 1 aromatic rings. The highest BCUT2D eigenvalue weighted by atomic mass is 32.2. The molecule has 0 fully saturated rings. The lowest BCUT2D eigenvalue weighted by atomic mass is 10.1. The van der Waals surface area contributed by atoms with Crippen molar-refractivity contribution in [2.24, 2.45) is 0 Å². The van der Waals surface area contributed by atoms with E-state index >= 15 is 0 Å². The molecule has 0 atom stereocenters. The lowest BCUT2D eigenvalue weighted by Gasteiger charge is -2.21. The van der Waals surface area contributed by atoms with Crippen molar-refractivity contribution in [1.82, 2.24) is 0 Å².